The van der Waals surface area contributed by atoms with E-state index in [0.29, 0.717) is 18.6 Å². The minimum Gasteiger partial charge on any atom is -0.388 e. The van der Waals surface area contributed by atoms with Crippen molar-refractivity contribution in [3.8, 4) is 0 Å². The van der Waals surface area contributed by atoms with Crippen LogP contribution in [0.15, 0.2) is 24.3 Å². The molecule has 1 aromatic carbocycles. The van der Waals surface area contributed by atoms with Gasteiger partial charge in [0, 0.05) is 18.6 Å². The topological polar surface area (TPSA) is 75.9 Å². The zero-order chi connectivity index (χ0) is 10.8. The molecule has 1 aliphatic heterocycles. The first-order valence-electron chi connectivity index (χ1n) is 4.71. The number of aliphatic hydroxyl groups is 1. The summed E-state index contributed by atoms with van der Waals surface area (Å²) in [6.07, 6.45) is 0.103. The number of non-ortho nitro benzene ring substituents is 1. The lowest BCUT2D eigenvalue weighted by atomic mass is 10.1. The summed E-state index contributed by atoms with van der Waals surface area (Å²) in [7, 11) is 0. The average molecular weight is 209 g/mol. The third-order valence-corrected chi connectivity index (χ3v) is 2.38. The van der Waals surface area contributed by atoms with Crippen LogP contribution < -0.4 is 0 Å². The van der Waals surface area contributed by atoms with Crippen molar-refractivity contribution in [1.82, 2.24) is 0 Å². The normalized spacial score (nSPS) is 21.0. The summed E-state index contributed by atoms with van der Waals surface area (Å²) in [6.45, 7) is 0.698. The second-order valence-corrected chi connectivity index (χ2v) is 3.56. The average Bonchev–Trinajstić information content (AvgIpc) is 3.02. The molecule has 1 fully saturated rings. The van der Waals surface area contributed by atoms with Gasteiger partial charge in [0.1, 0.15) is 0 Å². The van der Waals surface area contributed by atoms with Crippen molar-refractivity contribution >= 4 is 5.69 Å². The molecule has 0 unspecified atom stereocenters. The summed E-state index contributed by atoms with van der Waals surface area (Å²) in [5.74, 6) is 0. The zero-order valence-electron chi connectivity index (χ0n) is 8.00. The number of nitro groups is 1. The van der Waals surface area contributed by atoms with E-state index >= 15 is 0 Å². The molecular formula is C10H11NO4. The number of ether oxygens (including phenoxy) is 1. The second-order valence-electron chi connectivity index (χ2n) is 3.56. The summed E-state index contributed by atoms with van der Waals surface area (Å²) < 4.78 is 4.99. The Morgan fingerprint density at radius 1 is 1.53 bits per heavy atom. The van der Waals surface area contributed by atoms with Crippen LogP contribution in [0.5, 0.6) is 0 Å². The number of hydrogen-bond donors (Lipinski definition) is 1. The van der Waals surface area contributed by atoms with Gasteiger partial charge in [-0.05, 0) is 17.7 Å². The van der Waals surface area contributed by atoms with Gasteiger partial charge in [-0.1, -0.05) is 0 Å². The fraction of sp³-hybridized carbons (Fsp3) is 0.400. The Labute approximate surface area is 86.4 Å². The molecule has 1 heterocycles. The van der Waals surface area contributed by atoms with Gasteiger partial charge < -0.3 is 9.84 Å². The maximum Gasteiger partial charge on any atom is 0.269 e. The van der Waals surface area contributed by atoms with E-state index < -0.39 is 11.0 Å². The predicted octanol–water partition coefficient (Wildman–Crippen LogP) is 1.42. The summed E-state index contributed by atoms with van der Waals surface area (Å²) in [6, 6.07) is 5.94. The Kier molecular flexibility index (Phi) is 2.66. The fourth-order valence-corrected chi connectivity index (χ4v) is 1.41. The smallest absolute Gasteiger partial charge is 0.269 e. The molecule has 0 aliphatic carbocycles. The molecule has 5 nitrogen and oxygen atoms in total. The number of hydrogen-bond acceptors (Lipinski definition) is 4. The molecule has 0 bridgehead atoms. The van der Waals surface area contributed by atoms with E-state index in [4.69, 9.17) is 4.74 Å². The molecule has 0 radical (unpaired) electrons. The van der Waals surface area contributed by atoms with Crippen molar-refractivity contribution in [1.29, 1.82) is 0 Å². The molecule has 1 N–H and O–H groups in total. The van der Waals surface area contributed by atoms with Gasteiger partial charge in [-0.15, -0.1) is 0 Å². The van der Waals surface area contributed by atoms with E-state index in [1.54, 1.807) is 12.1 Å². The Morgan fingerprint density at radius 3 is 2.60 bits per heavy atom. The Morgan fingerprint density at radius 2 is 2.13 bits per heavy atom. The fourth-order valence-electron chi connectivity index (χ4n) is 1.41. The minimum atomic E-state index is -0.599. The molecular weight excluding hydrogens is 198 g/mol. The highest BCUT2D eigenvalue weighted by Gasteiger charge is 2.26. The number of benzene rings is 1. The van der Waals surface area contributed by atoms with Gasteiger partial charge in [-0.2, -0.15) is 0 Å². The Balaban J connectivity index is 2.04. The lowest BCUT2D eigenvalue weighted by Crippen LogP contribution is -2.01. The summed E-state index contributed by atoms with van der Waals surface area (Å²) >= 11 is 0. The van der Waals surface area contributed by atoms with Crippen molar-refractivity contribution in [2.45, 2.75) is 18.6 Å². The number of epoxide rings is 1. The maximum absolute atomic E-state index is 10.4. The van der Waals surface area contributed by atoms with Crippen LogP contribution in [0, 0.1) is 10.1 Å². The molecule has 80 valence electrons. The molecule has 15 heavy (non-hydrogen) atoms. The molecule has 1 aliphatic rings. The molecule has 0 saturated carbocycles. The van der Waals surface area contributed by atoms with Crippen molar-refractivity contribution in [3.05, 3.63) is 39.9 Å². The van der Waals surface area contributed by atoms with Crippen molar-refractivity contribution < 1.29 is 14.8 Å². The third-order valence-electron chi connectivity index (χ3n) is 2.38. The second kappa shape index (κ2) is 3.96. The van der Waals surface area contributed by atoms with Gasteiger partial charge in [0.25, 0.3) is 5.69 Å². The molecule has 1 aromatic rings. The molecule has 2 atom stereocenters. The first-order chi connectivity index (χ1) is 7.16. The van der Waals surface area contributed by atoms with Gasteiger partial charge in [-0.25, -0.2) is 0 Å². The van der Waals surface area contributed by atoms with Crippen LogP contribution in [0.3, 0.4) is 0 Å². The summed E-state index contributed by atoms with van der Waals surface area (Å²) in [5.41, 5.74) is 0.727. The van der Waals surface area contributed by atoms with Crippen LogP contribution in [-0.2, 0) is 4.74 Å². The van der Waals surface area contributed by atoms with Crippen LogP contribution in [0.25, 0.3) is 0 Å². The molecule has 5 heteroatoms. The highest BCUT2D eigenvalue weighted by Crippen LogP contribution is 2.26. The van der Waals surface area contributed by atoms with E-state index in [2.05, 4.69) is 0 Å². The quantitative estimate of drug-likeness (QED) is 0.462. The van der Waals surface area contributed by atoms with Gasteiger partial charge in [0.05, 0.1) is 23.7 Å². The van der Waals surface area contributed by atoms with E-state index in [1.165, 1.54) is 12.1 Å². The van der Waals surface area contributed by atoms with Crippen molar-refractivity contribution in [2.75, 3.05) is 6.61 Å². The zero-order valence-corrected chi connectivity index (χ0v) is 8.00. The lowest BCUT2D eigenvalue weighted by molar-refractivity contribution is -0.384. The van der Waals surface area contributed by atoms with Crippen LogP contribution >= 0.6 is 0 Å². The SMILES string of the molecule is O=[N+]([O-])c1ccc([C@H](O)C[C@H]2CO2)cc1. The van der Waals surface area contributed by atoms with E-state index in [-0.39, 0.29) is 11.8 Å². The van der Waals surface area contributed by atoms with E-state index in [9.17, 15) is 15.2 Å². The highest BCUT2D eigenvalue weighted by molar-refractivity contribution is 5.33. The highest BCUT2D eigenvalue weighted by atomic mass is 16.6. The Hall–Kier alpha value is -1.46. The van der Waals surface area contributed by atoms with Crippen LogP contribution in [-0.4, -0.2) is 22.7 Å². The molecule has 0 amide bonds. The largest absolute Gasteiger partial charge is 0.388 e. The van der Waals surface area contributed by atoms with E-state index in [0.717, 1.165) is 0 Å². The van der Waals surface area contributed by atoms with Crippen LogP contribution in [0.1, 0.15) is 18.1 Å². The standard InChI is InChI=1S/C10H11NO4/c12-10(5-9-6-15-9)7-1-3-8(4-2-7)11(13)14/h1-4,9-10,12H,5-6H2/t9-,10+/m0/s1. The molecule has 1 saturated heterocycles. The van der Waals surface area contributed by atoms with Gasteiger partial charge in [0.2, 0.25) is 0 Å². The molecule has 2 rings (SSSR count). The monoisotopic (exact) mass is 209 g/mol. The minimum absolute atomic E-state index is 0.0358. The van der Waals surface area contributed by atoms with Crippen LogP contribution in [0.4, 0.5) is 5.69 Å². The van der Waals surface area contributed by atoms with Gasteiger partial charge >= 0.3 is 0 Å². The number of nitro benzene ring substituents is 1. The van der Waals surface area contributed by atoms with Crippen LogP contribution in [0.2, 0.25) is 0 Å². The molecule has 0 aromatic heterocycles. The number of nitrogens with zero attached hydrogens (tertiary/aromatic N) is 1. The van der Waals surface area contributed by atoms with Gasteiger partial charge in [0.15, 0.2) is 0 Å². The van der Waals surface area contributed by atoms with Gasteiger partial charge in [-0.3, -0.25) is 10.1 Å². The predicted molar refractivity (Wildman–Crippen MR) is 52.4 cm³/mol. The number of rotatable bonds is 4. The summed E-state index contributed by atoms with van der Waals surface area (Å²) in [4.78, 5) is 9.93. The first kappa shape index (κ1) is 10.1. The van der Waals surface area contributed by atoms with Crippen molar-refractivity contribution in [2.24, 2.45) is 0 Å². The third kappa shape index (κ3) is 2.51. The van der Waals surface area contributed by atoms with Crippen molar-refractivity contribution in [3.63, 3.8) is 0 Å². The number of aliphatic hydroxyl groups excluding tert-OH is 1. The maximum atomic E-state index is 10.4. The molecule has 0 spiro atoms. The Bertz CT molecular complexity index is 358. The van der Waals surface area contributed by atoms with E-state index in [1.807, 2.05) is 0 Å². The lowest BCUT2D eigenvalue weighted by Gasteiger charge is -2.08. The first-order valence-corrected chi connectivity index (χ1v) is 4.71. The summed E-state index contributed by atoms with van der Waals surface area (Å²) in [5, 5.41) is 20.1.